The third-order valence-electron chi connectivity index (χ3n) is 5.17. The van der Waals surface area contributed by atoms with Gasteiger partial charge in [0.2, 0.25) is 5.95 Å². The van der Waals surface area contributed by atoms with Crippen molar-refractivity contribution < 1.29 is 13.2 Å². The minimum Gasteiger partial charge on any atom is -0.399 e. The molecule has 3 aromatic rings. The molecule has 0 radical (unpaired) electrons. The number of nitrogens with one attached hydrogen (secondary N) is 1. The third kappa shape index (κ3) is 4.95. The number of rotatable bonds is 6. The fourth-order valence-corrected chi connectivity index (χ4v) is 4.86. The molecule has 8 nitrogen and oxygen atoms in total. The van der Waals surface area contributed by atoms with Crippen LogP contribution in [0.4, 0.5) is 17.3 Å². The van der Waals surface area contributed by atoms with Gasteiger partial charge >= 0.3 is 0 Å². The van der Waals surface area contributed by atoms with Crippen LogP contribution in [0, 0.1) is 0 Å². The van der Waals surface area contributed by atoms with Gasteiger partial charge in [0.25, 0.3) is 0 Å². The van der Waals surface area contributed by atoms with Gasteiger partial charge in [-0.25, -0.2) is 18.4 Å². The third-order valence-corrected chi connectivity index (χ3v) is 6.84. The first-order valence-electron chi connectivity index (χ1n) is 10.00. The average Bonchev–Trinajstić information content (AvgIpc) is 2.81. The molecule has 1 aliphatic heterocycles. The summed E-state index contributed by atoms with van der Waals surface area (Å²) in [5, 5.41) is 2.89. The maximum absolute atomic E-state index is 13.3. The summed E-state index contributed by atoms with van der Waals surface area (Å²) >= 11 is 0. The lowest BCUT2D eigenvalue weighted by Gasteiger charge is -2.29. The van der Waals surface area contributed by atoms with E-state index in [0.717, 1.165) is 16.8 Å². The van der Waals surface area contributed by atoms with Crippen LogP contribution in [-0.4, -0.2) is 51.7 Å². The van der Waals surface area contributed by atoms with Crippen LogP contribution in [0.15, 0.2) is 59.8 Å². The van der Waals surface area contributed by atoms with Gasteiger partial charge in [-0.1, -0.05) is 12.1 Å². The van der Waals surface area contributed by atoms with Crippen molar-refractivity contribution in [2.24, 2.45) is 0 Å². The van der Waals surface area contributed by atoms with Crippen molar-refractivity contribution in [3.63, 3.8) is 0 Å². The van der Waals surface area contributed by atoms with E-state index in [0.29, 0.717) is 43.5 Å². The van der Waals surface area contributed by atoms with E-state index in [9.17, 15) is 8.42 Å². The van der Waals surface area contributed by atoms with Crippen LogP contribution in [0.2, 0.25) is 0 Å². The van der Waals surface area contributed by atoms with Gasteiger partial charge in [-0.3, -0.25) is 0 Å². The summed E-state index contributed by atoms with van der Waals surface area (Å²) in [5.74, 6) is 0.401. The molecule has 1 fully saturated rings. The second-order valence-electron chi connectivity index (χ2n) is 7.36. The lowest BCUT2D eigenvalue weighted by Crippen LogP contribution is -2.36. The van der Waals surface area contributed by atoms with Gasteiger partial charge in [0.15, 0.2) is 9.84 Å². The molecule has 0 saturated carbocycles. The Kier molecular flexibility index (Phi) is 6.06. The highest BCUT2D eigenvalue weighted by molar-refractivity contribution is 7.90. The number of morpholine rings is 1. The summed E-state index contributed by atoms with van der Waals surface area (Å²) in [7, 11) is -1.84. The first-order chi connectivity index (χ1) is 14.9. The van der Waals surface area contributed by atoms with Gasteiger partial charge in [0.1, 0.15) is 0 Å². The number of hydrogen-bond donors (Lipinski definition) is 2. The number of nitrogen functional groups attached to an aromatic ring is 1. The molecular weight excluding hydrogens is 414 g/mol. The summed E-state index contributed by atoms with van der Waals surface area (Å²) in [6, 6.07) is 12.3. The molecule has 0 atom stereocenters. The van der Waals surface area contributed by atoms with Crippen molar-refractivity contribution in [2.45, 2.75) is 10.6 Å². The molecule has 2 aromatic carbocycles. The molecule has 0 unspecified atom stereocenters. The highest BCUT2D eigenvalue weighted by Crippen LogP contribution is 2.31. The molecular formula is C22H25N5O3S. The number of ether oxygens (including phenoxy) is 1. The van der Waals surface area contributed by atoms with Crippen molar-refractivity contribution in [3.8, 4) is 11.1 Å². The molecule has 0 aliphatic carbocycles. The Hall–Kier alpha value is -3.17. The number of sulfone groups is 1. The van der Waals surface area contributed by atoms with E-state index in [-0.39, 0.29) is 10.6 Å². The molecule has 9 heteroatoms. The van der Waals surface area contributed by atoms with Crippen LogP contribution in [0.1, 0.15) is 5.56 Å². The highest BCUT2D eigenvalue weighted by Gasteiger charge is 2.21. The Morgan fingerprint density at radius 3 is 2.35 bits per heavy atom. The largest absolute Gasteiger partial charge is 0.399 e. The van der Waals surface area contributed by atoms with Crippen LogP contribution in [0.3, 0.4) is 0 Å². The van der Waals surface area contributed by atoms with Crippen LogP contribution in [0.25, 0.3) is 11.1 Å². The lowest BCUT2D eigenvalue weighted by atomic mass is 10.1. The zero-order valence-corrected chi connectivity index (χ0v) is 18.1. The summed E-state index contributed by atoms with van der Waals surface area (Å²) in [6.45, 7) is 2.63. The second-order valence-corrected chi connectivity index (χ2v) is 9.35. The topological polar surface area (TPSA) is 110 Å². The van der Waals surface area contributed by atoms with Gasteiger partial charge in [-0.15, -0.1) is 0 Å². The number of nitrogens with two attached hydrogens (primary N) is 1. The second kappa shape index (κ2) is 8.91. The SMILES string of the molecule is CNc1ncc(-c2cc(N3CCOCC3)cc(S(=O)(=O)Cc3ccc(N)cc3)c2)cn1. The van der Waals surface area contributed by atoms with Gasteiger partial charge in [0, 0.05) is 49.5 Å². The predicted molar refractivity (Wildman–Crippen MR) is 122 cm³/mol. The summed E-state index contributed by atoms with van der Waals surface area (Å²) < 4.78 is 32.0. The molecule has 0 spiro atoms. The van der Waals surface area contributed by atoms with Crippen LogP contribution in [0.5, 0.6) is 0 Å². The molecule has 4 rings (SSSR count). The van der Waals surface area contributed by atoms with Crippen LogP contribution >= 0.6 is 0 Å². The Bertz CT molecular complexity index is 1140. The van der Waals surface area contributed by atoms with E-state index >= 15 is 0 Å². The van der Waals surface area contributed by atoms with Crippen LogP contribution in [-0.2, 0) is 20.3 Å². The molecule has 1 aliphatic rings. The fourth-order valence-electron chi connectivity index (χ4n) is 3.46. The fraction of sp³-hybridized carbons (Fsp3) is 0.273. The summed E-state index contributed by atoms with van der Waals surface area (Å²) in [4.78, 5) is 10.9. The van der Waals surface area contributed by atoms with E-state index in [1.807, 2.05) is 6.07 Å². The molecule has 1 aromatic heterocycles. The smallest absolute Gasteiger partial charge is 0.222 e. The van der Waals surface area contributed by atoms with Crippen LogP contribution < -0.4 is 16.0 Å². The zero-order valence-electron chi connectivity index (χ0n) is 17.3. The Labute approximate surface area is 182 Å². The molecule has 2 heterocycles. The van der Waals surface area contributed by atoms with Crippen molar-refractivity contribution in [1.29, 1.82) is 0 Å². The van der Waals surface area contributed by atoms with E-state index < -0.39 is 9.84 Å². The summed E-state index contributed by atoms with van der Waals surface area (Å²) in [5.41, 5.74) is 9.36. The molecule has 0 amide bonds. The average molecular weight is 440 g/mol. The monoisotopic (exact) mass is 439 g/mol. The highest BCUT2D eigenvalue weighted by atomic mass is 32.2. The minimum atomic E-state index is -3.58. The standard InChI is InChI=1S/C22H25N5O3S/c1-24-22-25-13-18(14-26-22)17-10-20(27-6-8-30-9-7-27)12-21(11-17)31(28,29)15-16-2-4-19(23)5-3-16/h2-5,10-14H,6-9,15,23H2,1H3,(H,24,25,26). The quantitative estimate of drug-likeness (QED) is 0.564. The van der Waals surface area contributed by atoms with Crippen molar-refractivity contribution in [3.05, 3.63) is 60.4 Å². The van der Waals surface area contributed by atoms with Crippen molar-refractivity contribution >= 4 is 27.2 Å². The number of nitrogens with zero attached hydrogens (tertiary/aromatic N) is 3. The first-order valence-corrected chi connectivity index (χ1v) is 11.6. The number of hydrogen-bond acceptors (Lipinski definition) is 8. The van der Waals surface area contributed by atoms with Gasteiger partial charge < -0.3 is 20.7 Å². The Balaban J connectivity index is 1.75. The van der Waals surface area contributed by atoms with Gasteiger partial charge in [-0.05, 0) is 41.5 Å². The van der Waals surface area contributed by atoms with E-state index in [1.165, 1.54) is 0 Å². The van der Waals surface area contributed by atoms with E-state index in [1.54, 1.807) is 55.8 Å². The van der Waals surface area contributed by atoms with Gasteiger partial charge in [0.05, 0.1) is 23.9 Å². The van der Waals surface area contributed by atoms with E-state index in [4.69, 9.17) is 10.5 Å². The zero-order chi connectivity index (χ0) is 21.8. The molecule has 3 N–H and O–H groups in total. The maximum atomic E-state index is 13.3. The Morgan fingerprint density at radius 1 is 1.03 bits per heavy atom. The maximum Gasteiger partial charge on any atom is 0.222 e. The van der Waals surface area contributed by atoms with Gasteiger partial charge in [-0.2, -0.15) is 0 Å². The van der Waals surface area contributed by atoms with Crippen molar-refractivity contribution in [1.82, 2.24) is 9.97 Å². The molecule has 162 valence electrons. The number of benzene rings is 2. The molecule has 0 bridgehead atoms. The first kappa shape index (κ1) is 21.1. The summed E-state index contributed by atoms with van der Waals surface area (Å²) in [6.07, 6.45) is 3.38. The van der Waals surface area contributed by atoms with Crippen molar-refractivity contribution in [2.75, 3.05) is 49.3 Å². The lowest BCUT2D eigenvalue weighted by molar-refractivity contribution is 0.122. The number of aromatic nitrogens is 2. The Morgan fingerprint density at radius 2 is 1.71 bits per heavy atom. The molecule has 31 heavy (non-hydrogen) atoms. The molecule has 1 saturated heterocycles. The minimum absolute atomic E-state index is 0.103. The number of anilines is 3. The van der Waals surface area contributed by atoms with E-state index in [2.05, 4.69) is 20.2 Å². The normalized spacial score (nSPS) is 14.4. The predicted octanol–water partition coefficient (Wildman–Crippen LogP) is 2.58.